The van der Waals surface area contributed by atoms with Crippen molar-refractivity contribution in [2.24, 2.45) is 0 Å². The Kier molecular flexibility index (Phi) is 3.11. The molecule has 1 aromatic heterocycles. The molecular formula is C10H13IN2O2. The molecule has 1 saturated heterocycles. The van der Waals surface area contributed by atoms with Crippen molar-refractivity contribution >= 4 is 22.6 Å². The molecule has 2 rings (SSSR count). The van der Waals surface area contributed by atoms with Crippen LogP contribution in [0.15, 0.2) is 4.79 Å². The first-order valence-electron chi connectivity index (χ1n) is 4.99. The SMILES string of the molecule is Cc1nc(C2CCC(C)O2)[nH]c(=O)c1I. The number of H-pyrrole nitrogens is 1. The second-order valence-corrected chi connectivity index (χ2v) is 4.94. The van der Waals surface area contributed by atoms with Crippen molar-refractivity contribution in [3.63, 3.8) is 0 Å². The predicted molar refractivity (Wildman–Crippen MR) is 64.8 cm³/mol. The van der Waals surface area contributed by atoms with Crippen LogP contribution >= 0.6 is 22.6 Å². The Morgan fingerprint density at radius 3 is 2.80 bits per heavy atom. The molecule has 0 radical (unpaired) electrons. The highest BCUT2D eigenvalue weighted by Crippen LogP contribution is 2.30. The van der Waals surface area contributed by atoms with Gasteiger partial charge in [-0.1, -0.05) is 0 Å². The van der Waals surface area contributed by atoms with Crippen molar-refractivity contribution in [2.45, 2.75) is 38.9 Å². The summed E-state index contributed by atoms with van der Waals surface area (Å²) < 4.78 is 6.32. The molecule has 1 fully saturated rings. The Hall–Kier alpha value is -0.430. The lowest BCUT2D eigenvalue weighted by molar-refractivity contribution is 0.0500. The van der Waals surface area contributed by atoms with Crippen molar-refractivity contribution in [3.05, 3.63) is 25.4 Å². The van der Waals surface area contributed by atoms with Crippen LogP contribution in [0.5, 0.6) is 0 Å². The molecule has 0 amide bonds. The Balaban J connectivity index is 2.34. The summed E-state index contributed by atoms with van der Waals surface area (Å²) >= 11 is 2.01. The van der Waals surface area contributed by atoms with E-state index in [1.165, 1.54) is 0 Å². The maximum Gasteiger partial charge on any atom is 0.264 e. The summed E-state index contributed by atoms with van der Waals surface area (Å²) in [4.78, 5) is 18.7. The highest BCUT2D eigenvalue weighted by Gasteiger charge is 2.25. The fourth-order valence-corrected chi connectivity index (χ4v) is 2.00. The van der Waals surface area contributed by atoms with Crippen LogP contribution < -0.4 is 5.56 Å². The number of ether oxygens (including phenoxy) is 1. The number of nitrogens with one attached hydrogen (secondary N) is 1. The van der Waals surface area contributed by atoms with Gasteiger partial charge < -0.3 is 9.72 Å². The van der Waals surface area contributed by atoms with Gasteiger partial charge in [-0.05, 0) is 49.3 Å². The molecule has 2 heterocycles. The molecule has 0 saturated carbocycles. The molecule has 1 aliphatic rings. The maximum atomic E-state index is 11.5. The number of nitrogens with zero attached hydrogens (tertiary/aromatic N) is 1. The van der Waals surface area contributed by atoms with Crippen LogP contribution in [0.4, 0.5) is 0 Å². The van der Waals surface area contributed by atoms with Crippen LogP contribution in [0.3, 0.4) is 0 Å². The second-order valence-electron chi connectivity index (χ2n) is 3.86. The van der Waals surface area contributed by atoms with Crippen LogP contribution in [0.2, 0.25) is 0 Å². The minimum atomic E-state index is -0.0683. The predicted octanol–water partition coefficient (Wildman–Crippen LogP) is 1.92. The van der Waals surface area contributed by atoms with Crippen molar-refractivity contribution in [1.82, 2.24) is 9.97 Å². The molecule has 0 aromatic carbocycles. The normalized spacial score (nSPS) is 25.8. The summed E-state index contributed by atoms with van der Waals surface area (Å²) in [5, 5.41) is 0. The highest BCUT2D eigenvalue weighted by molar-refractivity contribution is 14.1. The van der Waals surface area contributed by atoms with Gasteiger partial charge >= 0.3 is 0 Å². The monoisotopic (exact) mass is 320 g/mol. The number of rotatable bonds is 1. The highest BCUT2D eigenvalue weighted by atomic mass is 127. The molecule has 2 atom stereocenters. The van der Waals surface area contributed by atoms with E-state index in [0.29, 0.717) is 9.39 Å². The zero-order valence-corrected chi connectivity index (χ0v) is 10.9. The van der Waals surface area contributed by atoms with E-state index in [9.17, 15) is 4.79 Å². The third kappa shape index (κ3) is 2.23. The lowest BCUT2D eigenvalue weighted by Crippen LogP contribution is -2.19. The van der Waals surface area contributed by atoms with E-state index in [0.717, 1.165) is 18.5 Å². The average molecular weight is 320 g/mol. The Morgan fingerprint density at radius 1 is 1.53 bits per heavy atom. The minimum Gasteiger partial charge on any atom is -0.367 e. The third-order valence-electron chi connectivity index (χ3n) is 2.58. The van der Waals surface area contributed by atoms with Crippen LogP contribution in [0.1, 0.15) is 37.4 Å². The summed E-state index contributed by atoms with van der Waals surface area (Å²) in [5.74, 6) is 0.669. The van der Waals surface area contributed by atoms with Gasteiger partial charge in [0.1, 0.15) is 11.9 Å². The van der Waals surface area contributed by atoms with Gasteiger partial charge in [-0.3, -0.25) is 4.79 Å². The molecule has 1 N–H and O–H groups in total. The molecular weight excluding hydrogens is 307 g/mol. The van der Waals surface area contributed by atoms with Crippen molar-refractivity contribution in [2.75, 3.05) is 0 Å². The third-order valence-corrected chi connectivity index (χ3v) is 3.85. The summed E-state index contributed by atoms with van der Waals surface area (Å²) in [6, 6.07) is 0. The molecule has 0 aliphatic carbocycles. The molecule has 0 spiro atoms. The van der Waals surface area contributed by atoms with Crippen molar-refractivity contribution in [3.8, 4) is 0 Å². The van der Waals surface area contributed by atoms with Crippen LogP contribution in [0.25, 0.3) is 0 Å². The lowest BCUT2D eigenvalue weighted by atomic mass is 10.2. The van der Waals surface area contributed by atoms with Crippen molar-refractivity contribution < 1.29 is 4.74 Å². The number of aromatic amines is 1. The number of aromatic nitrogens is 2. The molecule has 15 heavy (non-hydrogen) atoms. The molecule has 2 unspecified atom stereocenters. The molecule has 5 heteroatoms. The minimum absolute atomic E-state index is 0.0385. The number of aryl methyl sites for hydroxylation is 1. The average Bonchev–Trinajstić information content (AvgIpc) is 2.60. The van der Waals surface area contributed by atoms with E-state index >= 15 is 0 Å². The quantitative estimate of drug-likeness (QED) is 0.805. The van der Waals surface area contributed by atoms with Gasteiger partial charge in [0.2, 0.25) is 0 Å². The summed E-state index contributed by atoms with van der Waals surface area (Å²) in [6.07, 6.45) is 2.19. The Labute approximate surface area is 102 Å². The Bertz CT molecular complexity index is 430. The van der Waals surface area contributed by atoms with E-state index in [4.69, 9.17) is 4.74 Å². The largest absolute Gasteiger partial charge is 0.367 e. The molecule has 4 nitrogen and oxygen atoms in total. The molecule has 1 aromatic rings. The second kappa shape index (κ2) is 4.21. The topological polar surface area (TPSA) is 55.0 Å². The Morgan fingerprint density at radius 2 is 2.27 bits per heavy atom. The fraction of sp³-hybridized carbons (Fsp3) is 0.600. The lowest BCUT2D eigenvalue weighted by Gasteiger charge is -2.10. The van der Waals surface area contributed by atoms with Gasteiger partial charge in [0.15, 0.2) is 0 Å². The van der Waals surface area contributed by atoms with E-state index in [1.807, 2.05) is 36.4 Å². The first kappa shape index (κ1) is 11.1. The van der Waals surface area contributed by atoms with E-state index in [2.05, 4.69) is 9.97 Å². The standard InChI is InChI=1S/C10H13IN2O2/c1-5-3-4-7(15-5)9-12-6(2)8(11)10(14)13-9/h5,7H,3-4H2,1-2H3,(H,12,13,14). The van der Waals surface area contributed by atoms with E-state index in [1.54, 1.807) is 0 Å². The van der Waals surface area contributed by atoms with Crippen LogP contribution in [0, 0.1) is 10.5 Å². The van der Waals surface area contributed by atoms with Gasteiger partial charge in [-0.2, -0.15) is 0 Å². The number of halogens is 1. The maximum absolute atomic E-state index is 11.5. The fourth-order valence-electron chi connectivity index (χ4n) is 1.75. The summed E-state index contributed by atoms with van der Waals surface area (Å²) in [5.41, 5.74) is 0.707. The summed E-state index contributed by atoms with van der Waals surface area (Å²) in [7, 11) is 0. The van der Waals surface area contributed by atoms with E-state index < -0.39 is 0 Å². The van der Waals surface area contributed by atoms with Gasteiger partial charge in [-0.25, -0.2) is 4.98 Å². The zero-order valence-electron chi connectivity index (χ0n) is 8.71. The van der Waals surface area contributed by atoms with Crippen molar-refractivity contribution in [1.29, 1.82) is 0 Å². The first-order chi connectivity index (χ1) is 7.08. The van der Waals surface area contributed by atoms with Gasteiger partial charge in [0.25, 0.3) is 5.56 Å². The smallest absolute Gasteiger partial charge is 0.264 e. The molecule has 82 valence electrons. The number of hydrogen-bond donors (Lipinski definition) is 1. The first-order valence-corrected chi connectivity index (χ1v) is 6.07. The van der Waals surface area contributed by atoms with Gasteiger partial charge in [-0.15, -0.1) is 0 Å². The van der Waals surface area contributed by atoms with E-state index in [-0.39, 0.29) is 17.8 Å². The zero-order chi connectivity index (χ0) is 11.0. The van der Waals surface area contributed by atoms with Crippen LogP contribution in [-0.2, 0) is 4.74 Å². The van der Waals surface area contributed by atoms with Crippen LogP contribution in [-0.4, -0.2) is 16.1 Å². The van der Waals surface area contributed by atoms with Gasteiger partial charge in [0.05, 0.1) is 15.4 Å². The van der Waals surface area contributed by atoms with Gasteiger partial charge in [0, 0.05) is 0 Å². The molecule has 0 bridgehead atoms. The molecule has 1 aliphatic heterocycles. The summed E-state index contributed by atoms with van der Waals surface area (Å²) in [6.45, 7) is 3.89. The number of hydrogen-bond acceptors (Lipinski definition) is 3.